The monoisotopic (exact) mass is 596 g/mol. The molecule has 0 saturated carbocycles. The summed E-state index contributed by atoms with van der Waals surface area (Å²) in [5, 5.41) is -0.146. The molecule has 6 nitrogen and oxygen atoms in total. The van der Waals surface area contributed by atoms with Crippen LogP contribution in [0, 0.1) is 5.92 Å². The van der Waals surface area contributed by atoms with Gasteiger partial charge in [0.25, 0.3) is 5.01 Å². The average molecular weight is 597 g/mol. The number of hydrogen-bond acceptors (Lipinski definition) is 6. The van der Waals surface area contributed by atoms with Gasteiger partial charge in [0.05, 0.1) is 27.1 Å². The predicted octanol–water partition coefficient (Wildman–Crippen LogP) is 7.31. The van der Waals surface area contributed by atoms with E-state index >= 15 is 0 Å². The molecule has 42 heavy (non-hydrogen) atoms. The number of thiazole rings is 1. The Labute approximate surface area is 250 Å². The molecular weight excluding hydrogens is 565 g/mol. The topological polar surface area (TPSA) is 73.5 Å². The van der Waals surface area contributed by atoms with E-state index in [1.807, 2.05) is 77.7 Å². The lowest BCUT2D eigenvalue weighted by Gasteiger charge is -2.24. The highest BCUT2D eigenvalue weighted by Gasteiger charge is 2.32. The van der Waals surface area contributed by atoms with Gasteiger partial charge in [-0.3, -0.25) is 0 Å². The molecule has 0 amide bonds. The molecule has 0 radical (unpaired) electrons. The maximum Gasteiger partial charge on any atom is 0.268 e. The van der Waals surface area contributed by atoms with E-state index in [4.69, 9.17) is 4.74 Å². The Balaban J connectivity index is 1.47. The van der Waals surface area contributed by atoms with Gasteiger partial charge < -0.3 is 14.2 Å². The number of anilines is 1. The average Bonchev–Trinajstić information content (AvgIpc) is 3.49. The summed E-state index contributed by atoms with van der Waals surface area (Å²) in [5.41, 5.74) is 6.19. The summed E-state index contributed by atoms with van der Waals surface area (Å²) < 4.78 is 45.8. The fraction of sp³-hybridized carbons (Fsp3) is 0.206. The molecule has 5 aromatic rings. The molecule has 0 aliphatic carbocycles. The van der Waals surface area contributed by atoms with Crippen LogP contribution in [0.5, 0.6) is 5.75 Å². The zero-order chi connectivity index (χ0) is 29.4. The van der Waals surface area contributed by atoms with Crippen molar-refractivity contribution in [1.29, 1.82) is 0 Å². The number of ether oxygens (including phenoxy) is 1. The summed E-state index contributed by atoms with van der Waals surface area (Å²) in [6.07, 6.45) is 1.97. The maximum atomic E-state index is 12.0. The van der Waals surface area contributed by atoms with E-state index in [1.165, 1.54) is 6.92 Å². The van der Waals surface area contributed by atoms with Crippen molar-refractivity contribution in [3.63, 3.8) is 0 Å². The fourth-order valence-electron chi connectivity index (χ4n) is 5.23. The van der Waals surface area contributed by atoms with Crippen LogP contribution in [0.2, 0.25) is 0 Å². The van der Waals surface area contributed by atoms with Gasteiger partial charge in [0, 0.05) is 18.5 Å². The zero-order valence-electron chi connectivity index (χ0n) is 23.7. The minimum atomic E-state index is -4.50. The number of rotatable bonds is 8. The highest BCUT2D eigenvalue weighted by molar-refractivity contribution is 7.86. The van der Waals surface area contributed by atoms with Gasteiger partial charge in [-0.1, -0.05) is 98.0 Å². The summed E-state index contributed by atoms with van der Waals surface area (Å²) in [6.45, 7) is 6.61. The van der Waals surface area contributed by atoms with E-state index in [1.54, 1.807) is 11.3 Å². The number of hydrogen-bond donors (Lipinski definition) is 0. The van der Waals surface area contributed by atoms with E-state index in [0.717, 1.165) is 49.7 Å². The quantitative estimate of drug-likeness (QED) is 0.139. The van der Waals surface area contributed by atoms with Crippen LogP contribution < -0.4 is 14.2 Å². The summed E-state index contributed by atoms with van der Waals surface area (Å²) in [7, 11) is -4.50. The molecule has 0 spiro atoms. The van der Waals surface area contributed by atoms with Gasteiger partial charge in [-0.25, -0.2) is 8.42 Å². The molecule has 1 unspecified atom stereocenters. The largest absolute Gasteiger partial charge is 0.748 e. The summed E-state index contributed by atoms with van der Waals surface area (Å²) >= 11 is 1.66. The fourth-order valence-corrected chi connectivity index (χ4v) is 6.64. The molecular formula is C34H32N2O4S2. The number of nitrogens with zero attached hydrogens (tertiary/aromatic N) is 2. The van der Waals surface area contributed by atoms with E-state index in [0.29, 0.717) is 17.6 Å². The highest BCUT2D eigenvalue weighted by Crippen LogP contribution is 2.43. The summed E-state index contributed by atoms with van der Waals surface area (Å²) in [4.78, 5) is 1.82. The lowest BCUT2D eigenvalue weighted by molar-refractivity contribution is -0.674. The van der Waals surface area contributed by atoms with Crippen LogP contribution in [0.4, 0.5) is 5.69 Å². The van der Waals surface area contributed by atoms with Gasteiger partial charge in [-0.2, -0.15) is 4.57 Å². The van der Waals surface area contributed by atoms with Crippen LogP contribution in [0.1, 0.15) is 25.8 Å². The zero-order valence-corrected chi connectivity index (χ0v) is 25.4. The second-order valence-electron chi connectivity index (χ2n) is 11.0. The van der Waals surface area contributed by atoms with Crippen molar-refractivity contribution in [2.75, 3.05) is 11.4 Å². The van der Waals surface area contributed by atoms with Crippen molar-refractivity contribution in [1.82, 2.24) is 0 Å². The molecule has 1 aliphatic heterocycles. The minimum absolute atomic E-state index is 0.0177. The number of benzene rings is 4. The van der Waals surface area contributed by atoms with Gasteiger partial charge in [0.2, 0.25) is 11.4 Å². The van der Waals surface area contributed by atoms with Crippen molar-refractivity contribution >= 4 is 43.4 Å². The maximum absolute atomic E-state index is 12.0. The van der Waals surface area contributed by atoms with Crippen molar-refractivity contribution in [3.8, 4) is 28.0 Å². The van der Waals surface area contributed by atoms with Crippen LogP contribution in [-0.2, 0) is 16.7 Å². The molecule has 0 N–H and O–H groups in total. The first-order valence-corrected chi connectivity index (χ1v) is 16.3. The van der Waals surface area contributed by atoms with E-state index in [2.05, 4.69) is 48.7 Å². The molecule has 1 aromatic heterocycles. The van der Waals surface area contributed by atoms with Crippen molar-refractivity contribution in [2.45, 2.75) is 32.6 Å². The molecule has 0 fully saturated rings. The van der Waals surface area contributed by atoms with Crippen LogP contribution in [-0.4, -0.2) is 24.8 Å². The molecule has 2 heterocycles. The van der Waals surface area contributed by atoms with Gasteiger partial charge in [0.15, 0.2) is 12.3 Å². The van der Waals surface area contributed by atoms with Crippen LogP contribution in [0.25, 0.3) is 38.5 Å². The molecule has 1 atom stereocenters. The molecule has 8 heteroatoms. The van der Waals surface area contributed by atoms with Gasteiger partial charge >= 0.3 is 0 Å². The second kappa shape index (κ2) is 11.4. The van der Waals surface area contributed by atoms with Crippen molar-refractivity contribution in [2.24, 2.45) is 5.92 Å². The van der Waals surface area contributed by atoms with Gasteiger partial charge in [0.1, 0.15) is 4.70 Å². The Hall–Kier alpha value is -3.98. The minimum Gasteiger partial charge on any atom is -0.748 e. The van der Waals surface area contributed by atoms with E-state index < -0.39 is 15.4 Å². The standard InChI is InChI=1S/C34H32N2O4S2/c1-23(2)21-36-30-19-28(26-12-8-5-9-13-26)15-17-32(30)41-34(36)20-33-35(22-24(3)42(37,38)39)29-18-27(14-16-31(29)40-33)25-10-6-4-7-11-25/h4-20,23-24H,21-22H2,1-3H3. The van der Waals surface area contributed by atoms with E-state index in [-0.39, 0.29) is 6.54 Å². The summed E-state index contributed by atoms with van der Waals surface area (Å²) in [6, 6.07) is 32.7. The molecule has 0 saturated heterocycles. The van der Waals surface area contributed by atoms with Crippen molar-refractivity contribution in [3.05, 3.63) is 108 Å². The first-order chi connectivity index (χ1) is 20.2. The van der Waals surface area contributed by atoms with Crippen LogP contribution in [0.15, 0.2) is 103 Å². The normalized spacial score (nSPS) is 14.9. The Morgan fingerprint density at radius 1 is 0.857 bits per heavy atom. The second-order valence-corrected chi connectivity index (χ2v) is 13.9. The first kappa shape index (κ1) is 28.2. The predicted molar refractivity (Wildman–Crippen MR) is 169 cm³/mol. The molecule has 6 rings (SSSR count). The third-order valence-electron chi connectivity index (χ3n) is 7.40. The SMILES string of the molecule is CC(C)C[n+]1c(C=C2Oc3ccc(-c4ccccc4)cc3N2CC(C)S(=O)(=O)[O-])sc2ccc(-c3ccccc3)cc21. The molecule has 0 bridgehead atoms. The smallest absolute Gasteiger partial charge is 0.268 e. The summed E-state index contributed by atoms with van der Waals surface area (Å²) in [5.74, 6) is 1.51. The third-order valence-corrected chi connectivity index (χ3v) is 9.65. The Bertz CT molecular complexity index is 1880. The first-order valence-electron chi connectivity index (χ1n) is 14.0. The van der Waals surface area contributed by atoms with Crippen LogP contribution in [0.3, 0.4) is 0 Å². The lowest BCUT2D eigenvalue weighted by atomic mass is 10.0. The van der Waals surface area contributed by atoms with E-state index in [9.17, 15) is 13.0 Å². The van der Waals surface area contributed by atoms with Crippen molar-refractivity contribution < 1.29 is 22.3 Å². The Kier molecular flexibility index (Phi) is 7.62. The Morgan fingerprint density at radius 2 is 1.48 bits per heavy atom. The molecule has 4 aromatic carbocycles. The highest BCUT2D eigenvalue weighted by atomic mass is 32.2. The lowest BCUT2D eigenvalue weighted by Crippen LogP contribution is -2.38. The number of fused-ring (bicyclic) bond motifs is 2. The molecule has 1 aliphatic rings. The number of aromatic nitrogens is 1. The molecule has 214 valence electrons. The van der Waals surface area contributed by atoms with Gasteiger partial charge in [-0.05, 0) is 47.4 Å². The van der Waals surface area contributed by atoms with Gasteiger partial charge in [-0.15, -0.1) is 0 Å². The Morgan fingerprint density at radius 3 is 2.10 bits per heavy atom. The van der Waals surface area contributed by atoms with Crippen LogP contribution >= 0.6 is 11.3 Å². The third kappa shape index (κ3) is 5.70.